The highest BCUT2D eigenvalue weighted by Crippen LogP contribution is 2.22. The lowest BCUT2D eigenvalue weighted by Gasteiger charge is -2.05. The average molecular weight is 290 g/mol. The van der Waals surface area contributed by atoms with Crippen LogP contribution in [0.2, 0.25) is 0 Å². The first-order chi connectivity index (χ1) is 7.13. The molecule has 1 aromatic carbocycles. The van der Waals surface area contributed by atoms with Crippen LogP contribution in [0.3, 0.4) is 0 Å². The molecule has 15 heavy (non-hydrogen) atoms. The van der Waals surface area contributed by atoms with Crippen molar-refractivity contribution in [2.24, 2.45) is 0 Å². The third-order valence-corrected chi connectivity index (χ3v) is 3.26. The van der Waals surface area contributed by atoms with E-state index in [9.17, 15) is 4.79 Å². The van der Waals surface area contributed by atoms with Crippen molar-refractivity contribution in [3.8, 4) is 0 Å². The molecule has 0 aromatic heterocycles. The van der Waals surface area contributed by atoms with Gasteiger partial charge in [0.25, 0.3) is 0 Å². The largest absolute Gasteiger partial charge is 0.468 e. The summed E-state index contributed by atoms with van der Waals surface area (Å²) in [6.45, 7) is 0. The molecule has 1 aromatic rings. The number of nitrogen functional groups attached to an aromatic ring is 1. The zero-order valence-electron chi connectivity index (χ0n) is 8.33. The van der Waals surface area contributed by atoms with Gasteiger partial charge in [0.05, 0.1) is 12.9 Å². The fourth-order valence-corrected chi connectivity index (χ4v) is 2.25. The summed E-state index contributed by atoms with van der Waals surface area (Å²) in [6.07, 6.45) is 0. The number of halogens is 1. The number of rotatable bonds is 4. The zero-order valence-corrected chi connectivity index (χ0v) is 10.7. The number of hydrogen-bond acceptors (Lipinski definition) is 4. The van der Waals surface area contributed by atoms with Crippen molar-refractivity contribution < 1.29 is 9.53 Å². The third-order valence-electron chi connectivity index (χ3n) is 1.81. The van der Waals surface area contributed by atoms with Crippen LogP contribution in [0.25, 0.3) is 0 Å². The molecule has 0 aliphatic heterocycles. The van der Waals surface area contributed by atoms with Crippen LogP contribution in [0.15, 0.2) is 22.7 Å². The van der Waals surface area contributed by atoms with E-state index < -0.39 is 0 Å². The van der Waals surface area contributed by atoms with Gasteiger partial charge in [-0.2, -0.15) is 0 Å². The minimum Gasteiger partial charge on any atom is -0.468 e. The molecule has 0 amide bonds. The minimum atomic E-state index is -0.212. The number of carbonyl (C=O) groups excluding carboxylic acids is 1. The molecule has 1 rings (SSSR count). The fourth-order valence-electron chi connectivity index (χ4n) is 1.00. The Morgan fingerprint density at radius 1 is 1.60 bits per heavy atom. The molecule has 0 bridgehead atoms. The number of nitrogens with two attached hydrogens (primary N) is 1. The van der Waals surface area contributed by atoms with Crippen LogP contribution in [0.1, 0.15) is 5.56 Å². The Balaban J connectivity index is 2.47. The van der Waals surface area contributed by atoms with Crippen molar-refractivity contribution in [1.82, 2.24) is 0 Å². The molecular formula is C10H12BrNO2S. The predicted molar refractivity (Wildman–Crippen MR) is 66.7 cm³/mol. The molecule has 0 saturated heterocycles. The van der Waals surface area contributed by atoms with Crippen molar-refractivity contribution >= 4 is 39.3 Å². The van der Waals surface area contributed by atoms with Gasteiger partial charge < -0.3 is 10.5 Å². The van der Waals surface area contributed by atoms with Crippen LogP contribution >= 0.6 is 27.7 Å². The van der Waals surface area contributed by atoms with Gasteiger partial charge in [0.2, 0.25) is 0 Å². The summed E-state index contributed by atoms with van der Waals surface area (Å²) in [6, 6.07) is 5.74. The molecule has 0 saturated carbocycles. The van der Waals surface area contributed by atoms with Gasteiger partial charge >= 0.3 is 5.97 Å². The molecule has 0 atom stereocenters. The SMILES string of the molecule is COC(=O)CSCc1ccc(Br)cc1N. The molecule has 2 N–H and O–H groups in total. The van der Waals surface area contributed by atoms with Crippen LogP contribution < -0.4 is 5.73 Å². The van der Waals surface area contributed by atoms with Gasteiger partial charge in [-0.25, -0.2) is 0 Å². The van der Waals surface area contributed by atoms with Crippen LogP contribution in [0.5, 0.6) is 0 Å². The maximum absolute atomic E-state index is 10.9. The first-order valence-electron chi connectivity index (χ1n) is 4.32. The standard InChI is InChI=1S/C10H12BrNO2S/c1-14-10(13)6-15-5-7-2-3-8(11)4-9(7)12/h2-4H,5-6,12H2,1H3. The molecule has 0 aliphatic carbocycles. The lowest BCUT2D eigenvalue weighted by atomic mass is 10.2. The molecule has 0 fully saturated rings. The van der Waals surface area contributed by atoms with E-state index in [4.69, 9.17) is 5.73 Å². The van der Waals surface area contributed by atoms with Crippen LogP contribution in [-0.2, 0) is 15.3 Å². The maximum Gasteiger partial charge on any atom is 0.315 e. The summed E-state index contributed by atoms with van der Waals surface area (Å²) in [5.41, 5.74) is 7.58. The monoisotopic (exact) mass is 289 g/mol. The summed E-state index contributed by atoms with van der Waals surface area (Å²) < 4.78 is 5.50. The molecule has 0 heterocycles. The van der Waals surface area contributed by atoms with Gasteiger partial charge in [-0.15, -0.1) is 11.8 Å². The quantitative estimate of drug-likeness (QED) is 0.683. The fraction of sp³-hybridized carbons (Fsp3) is 0.300. The minimum absolute atomic E-state index is 0.212. The predicted octanol–water partition coefficient (Wildman–Crippen LogP) is 2.44. The van der Waals surface area contributed by atoms with E-state index in [1.165, 1.54) is 18.9 Å². The summed E-state index contributed by atoms with van der Waals surface area (Å²) in [4.78, 5) is 10.9. The van der Waals surface area contributed by atoms with E-state index >= 15 is 0 Å². The smallest absolute Gasteiger partial charge is 0.315 e. The number of esters is 1. The number of anilines is 1. The number of ether oxygens (including phenoxy) is 1. The van der Waals surface area contributed by atoms with Crippen molar-refractivity contribution in [1.29, 1.82) is 0 Å². The van der Waals surface area contributed by atoms with E-state index in [1.54, 1.807) is 0 Å². The molecule has 0 unspecified atom stereocenters. The summed E-state index contributed by atoms with van der Waals surface area (Å²) in [5.74, 6) is 0.857. The summed E-state index contributed by atoms with van der Waals surface area (Å²) in [5, 5.41) is 0. The number of methoxy groups -OCH3 is 1. The Hall–Kier alpha value is -0.680. The second-order valence-electron chi connectivity index (χ2n) is 2.91. The van der Waals surface area contributed by atoms with Gasteiger partial charge in [-0.1, -0.05) is 22.0 Å². The molecule has 0 aliphatic rings. The summed E-state index contributed by atoms with van der Waals surface area (Å²) >= 11 is 4.83. The Morgan fingerprint density at radius 2 is 2.33 bits per heavy atom. The van der Waals surface area contributed by atoms with Gasteiger partial charge in [0, 0.05) is 15.9 Å². The van der Waals surface area contributed by atoms with Crippen molar-refractivity contribution in [2.75, 3.05) is 18.6 Å². The van der Waals surface area contributed by atoms with Crippen molar-refractivity contribution in [2.45, 2.75) is 5.75 Å². The molecule has 0 radical (unpaired) electrons. The van der Waals surface area contributed by atoms with Crippen molar-refractivity contribution in [3.05, 3.63) is 28.2 Å². The van der Waals surface area contributed by atoms with Crippen LogP contribution in [0, 0.1) is 0 Å². The van der Waals surface area contributed by atoms with Crippen LogP contribution in [-0.4, -0.2) is 18.8 Å². The Morgan fingerprint density at radius 3 is 2.93 bits per heavy atom. The normalized spacial score (nSPS) is 10.0. The van der Waals surface area contributed by atoms with Gasteiger partial charge in [0.1, 0.15) is 0 Å². The molecular weight excluding hydrogens is 278 g/mol. The second-order valence-corrected chi connectivity index (χ2v) is 4.81. The number of benzene rings is 1. The van der Waals surface area contributed by atoms with E-state index in [0.717, 1.165) is 15.7 Å². The number of carbonyl (C=O) groups is 1. The molecule has 5 heteroatoms. The lowest BCUT2D eigenvalue weighted by molar-refractivity contribution is -0.137. The Bertz CT molecular complexity index is 357. The highest BCUT2D eigenvalue weighted by Gasteiger charge is 2.03. The first kappa shape index (κ1) is 12.4. The highest BCUT2D eigenvalue weighted by atomic mass is 79.9. The van der Waals surface area contributed by atoms with Gasteiger partial charge in [-0.3, -0.25) is 4.79 Å². The number of hydrogen-bond donors (Lipinski definition) is 1. The molecule has 82 valence electrons. The second kappa shape index (κ2) is 6.02. The maximum atomic E-state index is 10.9. The lowest BCUT2D eigenvalue weighted by Crippen LogP contribution is -2.03. The summed E-state index contributed by atoms with van der Waals surface area (Å²) in [7, 11) is 1.39. The van der Waals surface area contributed by atoms with E-state index in [2.05, 4.69) is 20.7 Å². The Kier molecular flexibility index (Phi) is 4.98. The first-order valence-corrected chi connectivity index (χ1v) is 6.26. The number of thioether (sulfide) groups is 1. The van der Waals surface area contributed by atoms with Crippen molar-refractivity contribution in [3.63, 3.8) is 0 Å². The van der Waals surface area contributed by atoms with E-state index in [0.29, 0.717) is 11.5 Å². The molecule has 3 nitrogen and oxygen atoms in total. The average Bonchev–Trinajstić information content (AvgIpc) is 2.21. The van der Waals surface area contributed by atoms with Gasteiger partial charge in [0.15, 0.2) is 0 Å². The highest BCUT2D eigenvalue weighted by molar-refractivity contribution is 9.10. The van der Waals surface area contributed by atoms with Gasteiger partial charge in [-0.05, 0) is 17.7 Å². The van der Waals surface area contributed by atoms with E-state index in [1.807, 2.05) is 18.2 Å². The molecule has 0 spiro atoms. The zero-order chi connectivity index (χ0) is 11.3. The van der Waals surface area contributed by atoms with Crippen LogP contribution in [0.4, 0.5) is 5.69 Å². The van der Waals surface area contributed by atoms with E-state index in [-0.39, 0.29) is 5.97 Å². The topological polar surface area (TPSA) is 52.3 Å². The third kappa shape index (κ3) is 4.13. The Labute approximate surface area is 101 Å².